The summed E-state index contributed by atoms with van der Waals surface area (Å²) in [6, 6.07) is 3.99. The molecule has 7 nitrogen and oxygen atoms in total. The van der Waals surface area contributed by atoms with Crippen molar-refractivity contribution in [3.8, 4) is 22.8 Å². The highest BCUT2D eigenvalue weighted by Crippen LogP contribution is 2.37. The fourth-order valence-corrected chi connectivity index (χ4v) is 4.37. The number of carbonyl (C=O) groups excluding carboxylic acids is 1. The fourth-order valence-electron chi connectivity index (χ4n) is 4.13. The van der Waals surface area contributed by atoms with Gasteiger partial charge in [0, 0.05) is 22.9 Å². The third-order valence-electron chi connectivity index (χ3n) is 6.12. The third kappa shape index (κ3) is 4.65. The van der Waals surface area contributed by atoms with Crippen molar-refractivity contribution in [3.63, 3.8) is 0 Å². The van der Waals surface area contributed by atoms with Gasteiger partial charge in [0.15, 0.2) is 11.6 Å². The summed E-state index contributed by atoms with van der Waals surface area (Å²) in [5.41, 5.74) is -0.723. The molecule has 0 saturated heterocycles. The van der Waals surface area contributed by atoms with Gasteiger partial charge in [0.1, 0.15) is 10.6 Å². The van der Waals surface area contributed by atoms with Crippen molar-refractivity contribution in [1.82, 2.24) is 10.3 Å². The summed E-state index contributed by atoms with van der Waals surface area (Å²) in [7, 11) is 2.73. The van der Waals surface area contributed by atoms with Crippen LogP contribution in [0.1, 0.15) is 49.4 Å². The van der Waals surface area contributed by atoms with Crippen LogP contribution in [-0.4, -0.2) is 41.7 Å². The Bertz CT molecular complexity index is 1020. The van der Waals surface area contributed by atoms with Crippen molar-refractivity contribution in [1.29, 1.82) is 0 Å². The van der Waals surface area contributed by atoms with E-state index >= 15 is 0 Å². The van der Waals surface area contributed by atoms with E-state index in [-0.39, 0.29) is 27.8 Å². The van der Waals surface area contributed by atoms with E-state index in [1.807, 2.05) is 0 Å². The maximum Gasteiger partial charge on any atom is 0.329 e. The SMILES string of the molecule is CC[C@H]1CC[C@](NC(=O)c2cc(F)c(OC)c(-c3cnc(OC)c(Cl)c3)c2)(C(=O)O)CC1. The van der Waals surface area contributed by atoms with Gasteiger partial charge >= 0.3 is 5.97 Å². The Kier molecular flexibility index (Phi) is 7.23. The van der Waals surface area contributed by atoms with Crippen molar-refractivity contribution < 1.29 is 28.6 Å². The molecule has 32 heavy (non-hydrogen) atoms. The molecule has 0 bridgehead atoms. The van der Waals surface area contributed by atoms with E-state index in [0.717, 1.165) is 12.5 Å². The highest BCUT2D eigenvalue weighted by atomic mass is 35.5. The normalized spacial score (nSPS) is 20.5. The van der Waals surface area contributed by atoms with Gasteiger partial charge in [-0.25, -0.2) is 14.2 Å². The molecule has 2 N–H and O–H groups in total. The lowest BCUT2D eigenvalue weighted by molar-refractivity contribution is -0.146. The van der Waals surface area contributed by atoms with Gasteiger partial charge in [0.2, 0.25) is 5.88 Å². The van der Waals surface area contributed by atoms with E-state index < -0.39 is 23.2 Å². The fraction of sp³-hybridized carbons (Fsp3) is 0.435. The lowest BCUT2D eigenvalue weighted by Crippen LogP contribution is -2.56. The summed E-state index contributed by atoms with van der Waals surface area (Å²) in [5, 5.41) is 12.7. The number of methoxy groups -OCH3 is 2. The van der Waals surface area contributed by atoms with Crippen LogP contribution in [0.3, 0.4) is 0 Å². The molecule has 0 unspecified atom stereocenters. The predicted molar refractivity (Wildman–Crippen MR) is 118 cm³/mol. The van der Waals surface area contributed by atoms with Crippen molar-refractivity contribution >= 4 is 23.5 Å². The number of hydrogen-bond donors (Lipinski definition) is 2. The van der Waals surface area contributed by atoms with E-state index in [4.69, 9.17) is 21.1 Å². The van der Waals surface area contributed by atoms with Crippen LogP contribution in [-0.2, 0) is 4.79 Å². The molecule has 3 rings (SSSR count). The van der Waals surface area contributed by atoms with E-state index in [0.29, 0.717) is 37.2 Å². The molecule has 1 aromatic heterocycles. The number of nitrogens with one attached hydrogen (secondary N) is 1. The summed E-state index contributed by atoms with van der Waals surface area (Å²) in [4.78, 5) is 29.2. The molecular weight excluding hydrogens is 439 g/mol. The number of hydrogen-bond acceptors (Lipinski definition) is 5. The van der Waals surface area contributed by atoms with E-state index in [1.165, 1.54) is 32.5 Å². The number of aliphatic carboxylic acids is 1. The Balaban J connectivity index is 1.97. The Hall–Kier alpha value is -2.87. The number of nitrogens with zero attached hydrogens (tertiary/aromatic N) is 1. The van der Waals surface area contributed by atoms with Gasteiger partial charge in [-0.2, -0.15) is 0 Å². The molecule has 1 saturated carbocycles. The smallest absolute Gasteiger partial charge is 0.329 e. The van der Waals surface area contributed by atoms with Gasteiger partial charge in [-0.05, 0) is 49.8 Å². The number of carboxylic acid groups (broad SMARTS) is 1. The molecule has 1 aliphatic rings. The minimum Gasteiger partial charge on any atom is -0.493 e. The molecule has 1 fully saturated rings. The number of pyridine rings is 1. The topological polar surface area (TPSA) is 97.8 Å². The zero-order chi connectivity index (χ0) is 23.5. The molecular formula is C23H26ClFN2O5. The van der Waals surface area contributed by atoms with Crippen LogP contribution in [0.4, 0.5) is 4.39 Å². The number of halogens is 2. The molecule has 0 atom stereocenters. The van der Waals surface area contributed by atoms with Crippen LogP contribution in [0.2, 0.25) is 5.02 Å². The van der Waals surface area contributed by atoms with Gasteiger partial charge in [0.05, 0.1) is 14.2 Å². The zero-order valence-corrected chi connectivity index (χ0v) is 19.0. The van der Waals surface area contributed by atoms with Gasteiger partial charge in [-0.15, -0.1) is 0 Å². The highest BCUT2D eigenvalue weighted by Gasteiger charge is 2.43. The lowest BCUT2D eigenvalue weighted by Gasteiger charge is -2.37. The number of carbonyl (C=O) groups is 2. The maximum absolute atomic E-state index is 14.8. The second-order valence-corrected chi connectivity index (χ2v) is 8.35. The Morgan fingerprint density at radius 3 is 2.47 bits per heavy atom. The molecule has 2 aromatic rings. The zero-order valence-electron chi connectivity index (χ0n) is 18.2. The molecule has 0 radical (unpaired) electrons. The summed E-state index contributed by atoms with van der Waals surface area (Å²) in [6.07, 6.45) is 4.47. The van der Waals surface area contributed by atoms with E-state index in [1.54, 1.807) is 0 Å². The van der Waals surface area contributed by atoms with Crippen LogP contribution >= 0.6 is 11.6 Å². The van der Waals surface area contributed by atoms with Crippen LogP contribution < -0.4 is 14.8 Å². The molecule has 0 aliphatic heterocycles. The van der Waals surface area contributed by atoms with Crippen LogP contribution in [0.15, 0.2) is 24.4 Å². The molecule has 1 amide bonds. The summed E-state index contributed by atoms with van der Waals surface area (Å²) < 4.78 is 25.1. The summed E-state index contributed by atoms with van der Waals surface area (Å²) in [6.45, 7) is 2.07. The Morgan fingerprint density at radius 1 is 1.25 bits per heavy atom. The number of aromatic nitrogens is 1. The molecule has 0 spiro atoms. The van der Waals surface area contributed by atoms with Gasteiger partial charge in [0.25, 0.3) is 5.91 Å². The third-order valence-corrected chi connectivity index (χ3v) is 6.39. The van der Waals surface area contributed by atoms with Gasteiger partial charge in [-0.1, -0.05) is 24.9 Å². The van der Waals surface area contributed by atoms with Crippen LogP contribution in [0.25, 0.3) is 11.1 Å². The van der Waals surface area contributed by atoms with Crippen LogP contribution in [0, 0.1) is 11.7 Å². The van der Waals surface area contributed by atoms with Crippen molar-refractivity contribution in [3.05, 3.63) is 40.8 Å². The van der Waals surface area contributed by atoms with E-state index in [2.05, 4.69) is 17.2 Å². The van der Waals surface area contributed by atoms with Crippen molar-refractivity contribution in [2.45, 2.75) is 44.6 Å². The number of amides is 1. The average molecular weight is 465 g/mol. The van der Waals surface area contributed by atoms with Gasteiger partial charge < -0.3 is 19.9 Å². The first-order valence-electron chi connectivity index (χ1n) is 10.4. The average Bonchev–Trinajstić information content (AvgIpc) is 2.78. The first-order valence-corrected chi connectivity index (χ1v) is 10.8. The molecule has 172 valence electrons. The van der Waals surface area contributed by atoms with Gasteiger partial charge in [-0.3, -0.25) is 4.79 Å². The number of rotatable bonds is 7. The first-order chi connectivity index (χ1) is 15.2. The van der Waals surface area contributed by atoms with Crippen LogP contribution in [0.5, 0.6) is 11.6 Å². The van der Waals surface area contributed by atoms with Crippen molar-refractivity contribution in [2.24, 2.45) is 5.92 Å². The minimum absolute atomic E-state index is 0.0246. The Labute approximate surface area is 190 Å². The largest absolute Gasteiger partial charge is 0.493 e. The standard InChI is InChI=1S/C23H26ClFN2O5/c1-4-13-5-7-23(8-6-13,22(29)30)27-20(28)14-9-16(19(31-2)18(25)11-14)15-10-17(24)21(32-3)26-12-15/h9-13H,4-8H2,1-3H3,(H,27,28)(H,29,30)/t13-,23+. The van der Waals surface area contributed by atoms with Crippen molar-refractivity contribution in [2.75, 3.05) is 14.2 Å². The monoisotopic (exact) mass is 464 g/mol. The second kappa shape index (κ2) is 9.73. The summed E-state index contributed by atoms with van der Waals surface area (Å²) in [5.74, 6) is -1.95. The maximum atomic E-state index is 14.8. The molecule has 9 heteroatoms. The summed E-state index contributed by atoms with van der Waals surface area (Å²) >= 11 is 6.16. The first kappa shape index (κ1) is 23.8. The number of benzene rings is 1. The quantitative estimate of drug-likeness (QED) is 0.615. The number of carboxylic acids is 1. The van der Waals surface area contributed by atoms with E-state index in [9.17, 15) is 19.1 Å². The minimum atomic E-state index is -1.37. The Morgan fingerprint density at radius 2 is 1.94 bits per heavy atom. The number of ether oxygens (including phenoxy) is 2. The lowest BCUT2D eigenvalue weighted by atomic mass is 9.75. The molecule has 1 heterocycles. The molecule has 1 aliphatic carbocycles. The molecule has 1 aromatic carbocycles. The predicted octanol–water partition coefficient (Wildman–Crippen LogP) is 4.71. The highest BCUT2D eigenvalue weighted by molar-refractivity contribution is 6.32. The second-order valence-electron chi connectivity index (χ2n) is 7.95.